The Balaban J connectivity index is 1.76. The third-order valence-corrected chi connectivity index (χ3v) is 4.97. The lowest BCUT2D eigenvalue weighted by atomic mass is 10.1. The van der Waals surface area contributed by atoms with Crippen molar-refractivity contribution in [3.8, 4) is 23.0 Å². The smallest absolute Gasteiger partial charge is 0.277 e. The Kier molecular flexibility index (Phi) is 6.03. The monoisotopic (exact) mass is 404 g/mol. The molecule has 0 saturated heterocycles. The SMILES string of the molecule is COc1cc(OC)cc(-c2nnc(S[C@H](C)C(=O)c3ccc(Cl)cc3)o2)c1. The summed E-state index contributed by atoms with van der Waals surface area (Å²) < 4.78 is 16.2. The highest BCUT2D eigenvalue weighted by Crippen LogP contribution is 2.32. The standard InChI is InChI=1S/C19H17ClN2O4S/c1-11(17(23)12-4-6-14(20)7-5-12)27-19-22-21-18(26-19)13-8-15(24-2)10-16(9-13)25-3/h4-11H,1-3H3/t11-/m1/s1. The maximum Gasteiger partial charge on any atom is 0.277 e. The molecule has 0 aliphatic carbocycles. The molecule has 1 heterocycles. The highest BCUT2D eigenvalue weighted by molar-refractivity contribution is 8.00. The molecule has 140 valence electrons. The van der Waals surface area contributed by atoms with Crippen LogP contribution in [0.1, 0.15) is 17.3 Å². The van der Waals surface area contributed by atoms with Crippen molar-refractivity contribution in [2.45, 2.75) is 17.4 Å². The molecule has 27 heavy (non-hydrogen) atoms. The van der Waals surface area contributed by atoms with Crippen LogP contribution in [0.4, 0.5) is 0 Å². The summed E-state index contributed by atoms with van der Waals surface area (Å²) in [6.07, 6.45) is 0. The third-order valence-electron chi connectivity index (χ3n) is 3.78. The topological polar surface area (TPSA) is 74.5 Å². The summed E-state index contributed by atoms with van der Waals surface area (Å²) in [5.41, 5.74) is 1.25. The van der Waals surface area contributed by atoms with Crippen molar-refractivity contribution in [1.82, 2.24) is 10.2 Å². The normalized spacial score (nSPS) is 11.9. The van der Waals surface area contributed by atoms with Gasteiger partial charge in [0.15, 0.2) is 5.78 Å². The second-order valence-corrected chi connectivity index (χ2v) is 7.33. The summed E-state index contributed by atoms with van der Waals surface area (Å²) in [5.74, 6) is 1.51. The predicted molar refractivity (Wildman–Crippen MR) is 104 cm³/mol. The van der Waals surface area contributed by atoms with E-state index in [1.807, 2.05) is 0 Å². The second-order valence-electron chi connectivity index (χ2n) is 5.61. The van der Waals surface area contributed by atoms with E-state index in [1.165, 1.54) is 11.8 Å². The number of hydrogen-bond donors (Lipinski definition) is 0. The van der Waals surface area contributed by atoms with Crippen molar-refractivity contribution in [2.75, 3.05) is 14.2 Å². The fourth-order valence-electron chi connectivity index (χ4n) is 2.36. The zero-order chi connectivity index (χ0) is 19.4. The molecule has 0 radical (unpaired) electrons. The number of methoxy groups -OCH3 is 2. The molecule has 0 N–H and O–H groups in total. The lowest BCUT2D eigenvalue weighted by Gasteiger charge is -2.07. The molecule has 0 saturated carbocycles. The van der Waals surface area contributed by atoms with Gasteiger partial charge in [-0.3, -0.25) is 4.79 Å². The van der Waals surface area contributed by atoms with Crippen LogP contribution in [0.2, 0.25) is 5.02 Å². The van der Waals surface area contributed by atoms with Crippen molar-refractivity contribution in [3.63, 3.8) is 0 Å². The number of ketones is 1. The molecule has 0 aliphatic heterocycles. The van der Waals surface area contributed by atoms with Crippen molar-refractivity contribution >= 4 is 29.1 Å². The molecule has 0 spiro atoms. The van der Waals surface area contributed by atoms with Crippen LogP contribution in [0, 0.1) is 0 Å². The van der Waals surface area contributed by atoms with Crippen molar-refractivity contribution in [3.05, 3.63) is 53.1 Å². The molecular weight excluding hydrogens is 388 g/mol. The van der Waals surface area contributed by atoms with Crippen molar-refractivity contribution < 1.29 is 18.7 Å². The molecule has 3 aromatic rings. The number of halogens is 1. The minimum absolute atomic E-state index is 0.0422. The molecule has 0 aliphatic rings. The Morgan fingerprint density at radius 2 is 1.70 bits per heavy atom. The van der Waals surface area contributed by atoms with E-state index in [-0.39, 0.29) is 11.0 Å². The minimum atomic E-state index is -0.390. The first kappa shape index (κ1) is 19.3. The Morgan fingerprint density at radius 3 is 2.30 bits per heavy atom. The summed E-state index contributed by atoms with van der Waals surface area (Å²) in [4.78, 5) is 12.5. The van der Waals surface area contributed by atoms with Crippen LogP contribution in [-0.4, -0.2) is 35.5 Å². The van der Waals surface area contributed by atoms with Crippen molar-refractivity contribution in [1.29, 1.82) is 0 Å². The number of benzene rings is 2. The first-order valence-electron chi connectivity index (χ1n) is 8.03. The van der Waals surface area contributed by atoms with E-state index < -0.39 is 0 Å². The molecule has 0 fully saturated rings. The van der Waals surface area contributed by atoms with Crippen LogP contribution < -0.4 is 9.47 Å². The second kappa shape index (κ2) is 8.45. The van der Waals surface area contributed by atoms with Crippen LogP contribution in [0.25, 0.3) is 11.5 Å². The lowest BCUT2D eigenvalue weighted by Crippen LogP contribution is -2.13. The van der Waals surface area contributed by atoms with Gasteiger partial charge in [0.25, 0.3) is 5.22 Å². The van der Waals surface area contributed by atoms with Crippen LogP contribution >= 0.6 is 23.4 Å². The lowest BCUT2D eigenvalue weighted by molar-refractivity contribution is 0.0993. The predicted octanol–water partition coefficient (Wildman–Crippen LogP) is 4.77. The molecule has 0 unspecified atom stereocenters. The number of carbonyl (C=O) groups excluding carboxylic acids is 1. The van der Waals surface area contributed by atoms with E-state index in [9.17, 15) is 4.79 Å². The maximum absolute atomic E-state index is 12.5. The molecule has 0 bridgehead atoms. The summed E-state index contributed by atoms with van der Waals surface area (Å²) in [6, 6.07) is 12.1. The highest BCUT2D eigenvalue weighted by atomic mass is 35.5. The first-order chi connectivity index (χ1) is 13.0. The summed E-state index contributed by atoms with van der Waals surface area (Å²) in [5, 5.41) is 8.58. The highest BCUT2D eigenvalue weighted by Gasteiger charge is 2.20. The quantitative estimate of drug-likeness (QED) is 0.414. The van der Waals surface area contributed by atoms with E-state index in [0.717, 1.165) is 0 Å². The number of ether oxygens (including phenoxy) is 2. The molecule has 2 aromatic carbocycles. The molecule has 3 rings (SSSR count). The number of aromatic nitrogens is 2. The van der Waals surface area contributed by atoms with Gasteiger partial charge in [-0.25, -0.2) is 0 Å². The summed E-state index contributed by atoms with van der Waals surface area (Å²) >= 11 is 7.06. The number of rotatable bonds is 7. The van der Waals surface area contributed by atoms with E-state index in [4.69, 9.17) is 25.5 Å². The van der Waals surface area contributed by atoms with Crippen LogP contribution in [-0.2, 0) is 0 Å². The summed E-state index contributed by atoms with van der Waals surface area (Å²) in [7, 11) is 3.13. The number of thioether (sulfide) groups is 1. The molecule has 0 amide bonds. The average Bonchev–Trinajstić information content (AvgIpc) is 3.16. The molecule has 8 heteroatoms. The third kappa shape index (κ3) is 4.61. The van der Waals surface area contributed by atoms with E-state index >= 15 is 0 Å². The maximum atomic E-state index is 12.5. The molecule has 1 aromatic heterocycles. The molecule has 6 nitrogen and oxygen atoms in total. The van der Waals surface area contributed by atoms with Gasteiger partial charge >= 0.3 is 0 Å². The van der Waals surface area contributed by atoms with Crippen molar-refractivity contribution in [2.24, 2.45) is 0 Å². The van der Waals surface area contributed by atoms with E-state index in [1.54, 1.807) is 63.6 Å². The van der Waals surface area contributed by atoms with Gasteiger partial charge in [-0.15, -0.1) is 10.2 Å². The average molecular weight is 405 g/mol. The van der Waals surface area contributed by atoms with Gasteiger partial charge in [-0.2, -0.15) is 0 Å². The van der Waals surface area contributed by atoms with Gasteiger partial charge in [0.2, 0.25) is 5.89 Å². The Bertz CT molecular complexity index is 921. The van der Waals surface area contributed by atoms with Gasteiger partial charge in [0, 0.05) is 22.2 Å². The van der Waals surface area contributed by atoms with Crippen LogP contribution in [0.15, 0.2) is 52.1 Å². The van der Waals surface area contributed by atoms with Gasteiger partial charge < -0.3 is 13.9 Å². The summed E-state index contributed by atoms with van der Waals surface area (Å²) in [6.45, 7) is 1.79. The Labute approximate surface area is 165 Å². The van der Waals surface area contributed by atoms with Crippen LogP contribution in [0.5, 0.6) is 11.5 Å². The molecule has 1 atom stereocenters. The Morgan fingerprint density at radius 1 is 1.07 bits per heavy atom. The van der Waals surface area contributed by atoms with Gasteiger partial charge in [0.1, 0.15) is 11.5 Å². The number of carbonyl (C=O) groups is 1. The zero-order valence-electron chi connectivity index (χ0n) is 14.9. The zero-order valence-corrected chi connectivity index (χ0v) is 16.5. The van der Waals surface area contributed by atoms with Gasteiger partial charge in [-0.1, -0.05) is 23.4 Å². The number of hydrogen-bond acceptors (Lipinski definition) is 7. The van der Waals surface area contributed by atoms with Gasteiger partial charge in [-0.05, 0) is 43.3 Å². The minimum Gasteiger partial charge on any atom is -0.497 e. The van der Waals surface area contributed by atoms with Gasteiger partial charge in [0.05, 0.1) is 19.5 Å². The largest absolute Gasteiger partial charge is 0.497 e. The Hall–Kier alpha value is -2.51. The van der Waals surface area contributed by atoms with E-state index in [2.05, 4.69) is 10.2 Å². The fourth-order valence-corrected chi connectivity index (χ4v) is 3.25. The molecular formula is C19H17ClN2O4S. The fraction of sp³-hybridized carbons (Fsp3) is 0.211. The first-order valence-corrected chi connectivity index (χ1v) is 9.29. The number of Topliss-reactive ketones (excluding diaryl/α,β-unsaturated/α-hetero) is 1. The van der Waals surface area contributed by atoms with Crippen LogP contribution in [0.3, 0.4) is 0 Å². The number of nitrogens with zero attached hydrogens (tertiary/aromatic N) is 2. The van der Waals surface area contributed by atoms with E-state index in [0.29, 0.717) is 38.8 Å².